The van der Waals surface area contributed by atoms with Crippen LogP contribution in [0.5, 0.6) is 0 Å². The Bertz CT molecular complexity index is 596. The van der Waals surface area contributed by atoms with E-state index < -0.39 is 17.9 Å². The third-order valence-electron chi connectivity index (χ3n) is 2.53. The average molecular weight is 303 g/mol. The summed E-state index contributed by atoms with van der Waals surface area (Å²) in [6.45, 7) is 1.56. The van der Waals surface area contributed by atoms with Crippen LogP contribution >= 0.6 is 23.2 Å². The summed E-state index contributed by atoms with van der Waals surface area (Å²) in [5.74, 6) is -1.22. The second-order valence-corrected chi connectivity index (χ2v) is 4.60. The second kappa shape index (κ2) is 5.63. The molecule has 6 heteroatoms. The minimum Gasteiger partial charge on any atom is -0.472 e. The standard InChI is InChI=1S/C13H9Cl2FO3/c1-7(19-13(17)8-4-5-18-6-8)11-9(14)2-3-10(16)12(11)15/h2-7H,1H3. The smallest absolute Gasteiger partial charge is 0.342 e. The van der Waals surface area contributed by atoms with Gasteiger partial charge in [-0.2, -0.15) is 0 Å². The predicted molar refractivity (Wildman–Crippen MR) is 69.0 cm³/mol. The van der Waals surface area contributed by atoms with Crippen LogP contribution in [-0.2, 0) is 4.74 Å². The molecule has 0 aliphatic rings. The highest BCUT2D eigenvalue weighted by Crippen LogP contribution is 2.34. The Morgan fingerprint density at radius 2 is 2.11 bits per heavy atom. The van der Waals surface area contributed by atoms with Gasteiger partial charge in [-0.3, -0.25) is 0 Å². The van der Waals surface area contributed by atoms with E-state index in [1.54, 1.807) is 6.92 Å². The molecule has 0 aliphatic heterocycles. The molecule has 1 aromatic carbocycles. The summed E-state index contributed by atoms with van der Waals surface area (Å²) in [5, 5.41) is 0.0823. The number of hydrogen-bond acceptors (Lipinski definition) is 3. The summed E-state index contributed by atoms with van der Waals surface area (Å²) in [4.78, 5) is 11.7. The highest BCUT2D eigenvalue weighted by Gasteiger charge is 2.21. The minimum atomic E-state index is -0.780. The monoisotopic (exact) mass is 302 g/mol. The highest BCUT2D eigenvalue weighted by molar-refractivity contribution is 6.36. The van der Waals surface area contributed by atoms with Crippen molar-refractivity contribution in [2.24, 2.45) is 0 Å². The number of halogens is 3. The molecule has 0 amide bonds. The van der Waals surface area contributed by atoms with Crippen molar-refractivity contribution in [3.8, 4) is 0 Å². The van der Waals surface area contributed by atoms with Crippen LogP contribution in [0.2, 0.25) is 10.0 Å². The quantitative estimate of drug-likeness (QED) is 0.612. The van der Waals surface area contributed by atoms with Crippen LogP contribution in [0, 0.1) is 5.82 Å². The van der Waals surface area contributed by atoms with Gasteiger partial charge < -0.3 is 9.15 Å². The van der Waals surface area contributed by atoms with Crippen molar-refractivity contribution in [2.45, 2.75) is 13.0 Å². The lowest BCUT2D eigenvalue weighted by Gasteiger charge is -2.16. The van der Waals surface area contributed by atoms with Crippen molar-refractivity contribution in [1.29, 1.82) is 0 Å². The van der Waals surface area contributed by atoms with Gasteiger partial charge in [-0.1, -0.05) is 23.2 Å². The van der Waals surface area contributed by atoms with Crippen LogP contribution in [0.4, 0.5) is 4.39 Å². The van der Waals surface area contributed by atoms with E-state index >= 15 is 0 Å². The second-order valence-electron chi connectivity index (χ2n) is 3.82. The van der Waals surface area contributed by atoms with Crippen molar-refractivity contribution >= 4 is 29.2 Å². The molecule has 0 saturated heterocycles. The number of hydrogen-bond donors (Lipinski definition) is 0. The summed E-state index contributed by atoms with van der Waals surface area (Å²) < 4.78 is 23.3. The summed E-state index contributed by atoms with van der Waals surface area (Å²) in [6.07, 6.45) is 1.82. The van der Waals surface area contributed by atoms with Gasteiger partial charge >= 0.3 is 5.97 Å². The lowest BCUT2D eigenvalue weighted by molar-refractivity contribution is 0.0337. The summed E-state index contributed by atoms with van der Waals surface area (Å²) in [6, 6.07) is 3.98. The lowest BCUT2D eigenvalue weighted by atomic mass is 10.1. The van der Waals surface area contributed by atoms with E-state index in [9.17, 15) is 9.18 Å². The maximum absolute atomic E-state index is 13.4. The van der Waals surface area contributed by atoms with E-state index in [4.69, 9.17) is 32.4 Å². The zero-order valence-electron chi connectivity index (χ0n) is 9.82. The first kappa shape index (κ1) is 13.9. The van der Waals surface area contributed by atoms with Gasteiger partial charge in [-0.15, -0.1) is 0 Å². The van der Waals surface area contributed by atoms with Crippen molar-refractivity contribution in [1.82, 2.24) is 0 Å². The van der Waals surface area contributed by atoms with Crippen molar-refractivity contribution in [3.05, 3.63) is 57.7 Å². The van der Waals surface area contributed by atoms with Crippen molar-refractivity contribution < 1.29 is 18.3 Å². The first-order chi connectivity index (χ1) is 9.00. The largest absolute Gasteiger partial charge is 0.472 e. The van der Waals surface area contributed by atoms with Gasteiger partial charge in [-0.05, 0) is 25.1 Å². The third-order valence-corrected chi connectivity index (χ3v) is 3.24. The number of benzene rings is 1. The molecule has 0 radical (unpaired) electrons. The first-order valence-corrected chi connectivity index (χ1v) is 6.13. The number of carbonyl (C=O) groups excluding carboxylic acids is 1. The summed E-state index contributed by atoms with van der Waals surface area (Å²) in [5.41, 5.74) is 0.496. The van der Waals surface area contributed by atoms with E-state index in [1.165, 1.54) is 24.7 Å². The molecule has 0 bridgehead atoms. The average Bonchev–Trinajstić information content (AvgIpc) is 2.88. The summed E-state index contributed by atoms with van der Waals surface area (Å²) in [7, 11) is 0. The molecule has 100 valence electrons. The van der Waals surface area contributed by atoms with Crippen LogP contribution in [0.15, 0.2) is 35.1 Å². The number of ether oxygens (including phenoxy) is 1. The van der Waals surface area contributed by atoms with Crippen LogP contribution < -0.4 is 0 Å². The molecule has 0 fully saturated rings. The Hall–Kier alpha value is -1.52. The SMILES string of the molecule is CC(OC(=O)c1ccoc1)c1c(Cl)ccc(F)c1Cl. The van der Waals surface area contributed by atoms with E-state index in [1.807, 2.05) is 0 Å². The van der Waals surface area contributed by atoms with Crippen molar-refractivity contribution in [2.75, 3.05) is 0 Å². The molecule has 1 unspecified atom stereocenters. The Labute approximate surface area is 118 Å². The van der Waals surface area contributed by atoms with E-state index in [2.05, 4.69) is 0 Å². The van der Waals surface area contributed by atoms with Gasteiger partial charge in [0.1, 0.15) is 18.2 Å². The van der Waals surface area contributed by atoms with E-state index in [0.717, 1.165) is 6.07 Å². The van der Waals surface area contributed by atoms with Crippen LogP contribution in [0.3, 0.4) is 0 Å². The summed E-state index contributed by atoms with van der Waals surface area (Å²) >= 11 is 11.8. The van der Waals surface area contributed by atoms with Gasteiger partial charge in [0.2, 0.25) is 0 Å². The maximum Gasteiger partial charge on any atom is 0.342 e. The molecule has 2 rings (SSSR count). The zero-order valence-corrected chi connectivity index (χ0v) is 11.3. The number of carbonyl (C=O) groups is 1. The van der Waals surface area contributed by atoms with Crippen molar-refractivity contribution in [3.63, 3.8) is 0 Å². The molecule has 0 saturated carbocycles. The molecule has 3 nitrogen and oxygen atoms in total. The zero-order chi connectivity index (χ0) is 14.0. The third kappa shape index (κ3) is 2.91. The Kier molecular flexibility index (Phi) is 4.12. The Morgan fingerprint density at radius 3 is 2.74 bits per heavy atom. The van der Waals surface area contributed by atoms with Gasteiger partial charge in [0.15, 0.2) is 0 Å². The Balaban J connectivity index is 2.23. The predicted octanol–water partition coefficient (Wildman–Crippen LogP) is 4.64. The van der Waals surface area contributed by atoms with E-state index in [-0.39, 0.29) is 21.2 Å². The van der Waals surface area contributed by atoms with E-state index in [0.29, 0.717) is 0 Å². The molecule has 2 aromatic rings. The molecule has 19 heavy (non-hydrogen) atoms. The lowest BCUT2D eigenvalue weighted by Crippen LogP contribution is -2.09. The minimum absolute atomic E-state index is 0.153. The molecular weight excluding hydrogens is 294 g/mol. The maximum atomic E-state index is 13.4. The molecule has 0 aliphatic carbocycles. The molecule has 0 N–H and O–H groups in total. The van der Waals surface area contributed by atoms with Gasteiger partial charge in [0, 0.05) is 10.6 Å². The van der Waals surface area contributed by atoms with Crippen LogP contribution in [0.25, 0.3) is 0 Å². The molecule has 1 atom stereocenters. The normalized spacial score (nSPS) is 12.2. The first-order valence-electron chi connectivity index (χ1n) is 5.37. The fourth-order valence-corrected chi connectivity index (χ4v) is 2.26. The number of furan rings is 1. The molecular formula is C13H9Cl2FO3. The number of rotatable bonds is 3. The van der Waals surface area contributed by atoms with Crippen LogP contribution in [-0.4, -0.2) is 5.97 Å². The molecule has 1 aromatic heterocycles. The van der Waals surface area contributed by atoms with Crippen LogP contribution in [0.1, 0.15) is 28.9 Å². The molecule has 0 spiro atoms. The fourth-order valence-electron chi connectivity index (χ4n) is 1.58. The van der Waals surface area contributed by atoms with Gasteiger partial charge in [0.05, 0.1) is 16.8 Å². The Morgan fingerprint density at radius 1 is 1.37 bits per heavy atom. The van der Waals surface area contributed by atoms with Gasteiger partial charge in [-0.25, -0.2) is 9.18 Å². The number of esters is 1. The van der Waals surface area contributed by atoms with Gasteiger partial charge in [0.25, 0.3) is 0 Å². The highest BCUT2D eigenvalue weighted by atomic mass is 35.5. The fraction of sp³-hybridized carbons (Fsp3) is 0.154. The molecule has 1 heterocycles. The topological polar surface area (TPSA) is 39.4 Å².